The number of aromatic nitrogens is 2. The Morgan fingerprint density at radius 2 is 1.83 bits per heavy atom. The number of aromatic amines is 1. The lowest BCUT2D eigenvalue weighted by atomic mass is 10.0. The molecule has 5 nitrogen and oxygen atoms in total. The molecular weight excluding hydrogens is 398 g/mol. The molecule has 1 amide bonds. The highest BCUT2D eigenvalue weighted by molar-refractivity contribution is 6.31. The van der Waals surface area contributed by atoms with Crippen LogP contribution in [0.15, 0.2) is 48.5 Å². The molecule has 8 heteroatoms. The summed E-state index contributed by atoms with van der Waals surface area (Å²) in [7, 11) is 0. The number of nitrogens with zero attached hydrogens (tertiary/aromatic N) is 2. The Morgan fingerprint density at radius 3 is 2.52 bits per heavy atom. The highest BCUT2D eigenvalue weighted by atomic mass is 35.5. The van der Waals surface area contributed by atoms with Gasteiger partial charge in [0.2, 0.25) is 0 Å². The smallest absolute Gasteiger partial charge is 0.251 e. The average Bonchev–Trinajstić information content (AvgIpc) is 3.21. The molecule has 1 saturated heterocycles. The summed E-state index contributed by atoms with van der Waals surface area (Å²) in [5.41, 5.74) is 2.03. The number of rotatable bonds is 4. The number of carbonyl (C=O) groups excluding carboxylic acids is 1. The van der Waals surface area contributed by atoms with Crippen molar-refractivity contribution in [1.29, 1.82) is 0 Å². The van der Waals surface area contributed by atoms with Gasteiger partial charge in [0.15, 0.2) is 5.82 Å². The van der Waals surface area contributed by atoms with Crippen LogP contribution in [0.3, 0.4) is 0 Å². The third-order valence-electron chi connectivity index (χ3n) is 5.06. The van der Waals surface area contributed by atoms with Gasteiger partial charge in [-0.05, 0) is 60.9 Å². The zero-order chi connectivity index (χ0) is 20.4. The topological polar surface area (TPSA) is 61.0 Å². The highest BCUT2D eigenvalue weighted by Crippen LogP contribution is 2.24. The minimum absolute atomic E-state index is 0.0260. The third-order valence-corrected chi connectivity index (χ3v) is 5.35. The van der Waals surface area contributed by atoms with Gasteiger partial charge in [-0.2, -0.15) is 5.10 Å². The predicted octanol–water partition coefficient (Wildman–Crippen LogP) is 4.41. The average molecular weight is 417 g/mol. The normalized spacial score (nSPS) is 14.8. The number of nitrogens with one attached hydrogen (secondary N) is 2. The minimum atomic E-state index is -0.546. The Hall–Kier alpha value is -2.93. The maximum atomic E-state index is 13.3. The summed E-state index contributed by atoms with van der Waals surface area (Å²) in [6.45, 7) is 1.48. The molecule has 2 heterocycles. The van der Waals surface area contributed by atoms with Crippen LogP contribution in [-0.2, 0) is 0 Å². The van der Waals surface area contributed by atoms with E-state index >= 15 is 0 Å². The van der Waals surface area contributed by atoms with Crippen molar-refractivity contribution < 1.29 is 13.6 Å². The summed E-state index contributed by atoms with van der Waals surface area (Å²) < 4.78 is 26.3. The van der Waals surface area contributed by atoms with Gasteiger partial charge in [-0.25, -0.2) is 8.78 Å². The van der Waals surface area contributed by atoms with E-state index in [2.05, 4.69) is 20.4 Å². The highest BCUT2D eigenvalue weighted by Gasteiger charge is 2.23. The molecule has 0 spiro atoms. The van der Waals surface area contributed by atoms with E-state index in [-0.39, 0.29) is 22.8 Å². The number of anilines is 1. The quantitative estimate of drug-likeness (QED) is 0.662. The van der Waals surface area contributed by atoms with Gasteiger partial charge in [-0.1, -0.05) is 11.6 Å². The number of halogens is 3. The van der Waals surface area contributed by atoms with Crippen molar-refractivity contribution >= 4 is 23.3 Å². The Bertz CT molecular complexity index is 1010. The van der Waals surface area contributed by atoms with E-state index in [0.29, 0.717) is 5.56 Å². The molecule has 0 bridgehead atoms. The van der Waals surface area contributed by atoms with Gasteiger partial charge in [0.05, 0.1) is 10.7 Å². The SMILES string of the molecule is O=C(NC1CCN(c2cc(-c3ccc(F)cc3)[nH]n2)CC1)c1ccc(F)c(Cl)c1. The summed E-state index contributed by atoms with van der Waals surface area (Å²) >= 11 is 5.75. The molecule has 0 atom stereocenters. The summed E-state index contributed by atoms with van der Waals surface area (Å²) in [4.78, 5) is 14.5. The lowest BCUT2D eigenvalue weighted by Gasteiger charge is -2.32. The first-order valence-corrected chi connectivity index (χ1v) is 9.69. The number of piperidine rings is 1. The van der Waals surface area contributed by atoms with Gasteiger partial charge in [0.25, 0.3) is 5.91 Å². The second-order valence-corrected chi connectivity index (χ2v) is 7.42. The number of H-pyrrole nitrogens is 1. The first-order valence-electron chi connectivity index (χ1n) is 9.32. The second-order valence-electron chi connectivity index (χ2n) is 7.01. The van der Waals surface area contributed by atoms with E-state index in [1.807, 2.05) is 6.07 Å². The fraction of sp³-hybridized carbons (Fsp3) is 0.238. The molecule has 150 valence electrons. The molecule has 0 saturated carbocycles. The fourth-order valence-corrected chi connectivity index (χ4v) is 3.59. The van der Waals surface area contributed by atoms with Crippen LogP contribution < -0.4 is 10.2 Å². The predicted molar refractivity (Wildman–Crippen MR) is 108 cm³/mol. The molecular formula is C21H19ClF2N4O. The molecule has 2 N–H and O–H groups in total. The molecule has 1 fully saturated rings. The number of amides is 1. The van der Waals surface area contributed by atoms with Gasteiger partial charge in [-0.3, -0.25) is 9.89 Å². The van der Waals surface area contributed by atoms with E-state index in [1.54, 1.807) is 12.1 Å². The van der Waals surface area contributed by atoms with Crippen molar-refractivity contribution in [2.45, 2.75) is 18.9 Å². The van der Waals surface area contributed by atoms with Crippen molar-refractivity contribution in [3.05, 3.63) is 70.8 Å². The lowest BCUT2D eigenvalue weighted by molar-refractivity contribution is 0.0931. The molecule has 0 aliphatic carbocycles. The van der Waals surface area contributed by atoms with Gasteiger partial charge in [-0.15, -0.1) is 0 Å². The molecule has 1 aliphatic rings. The first kappa shape index (κ1) is 19.4. The number of hydrogen-bond acceptors (Lipinski definition) is 3. The van der Waals surface area contributed by atoms with Crippen molar-refractivity contribution in [3.63, 3.8) is 0 Å². The van der Waals surface area contributed by atoms with E-state index < -0.39 is 5.82 Å². The zero-order valence-corrected chi connectivity index (χ0v) is 16.2. The minimum Gasteiger partial charge on any atom is -0.355 e. The van der Waals surface area contributed by atoms with Gasteiger partial charge in [0, 0.05) is 30.8 Å². The summed E-state index contributed by atoms with van der Waals surface area (Å²) in [6, 6.07) is 12.2. The Morgan fingerprint density at radius 1 is 1.10 bits per heavy atom. The van der Waals surface area contributed by atoms with Gasteiger partial charge in [0.1, 0.15) is 11.6 Å². The maximum Gasteiger partial charge on any atom is 0.251 e. The summed E-state index contributed by atoms with van der Waals surface area (Å²) in [6.07, 6.45) is 1.53. The van der Waals surface area contributed by atoms with Crippen LogP contribution in [0.5, 0.6) is 0 Å². The number of hydrogen-bond donors (Lipinski definition) is 2. The van der Waals surface area contributed by atoms with E-state index in [4.69, 9.17) is 11.6 Å². The monoisotopic (exact) mass is 416 g/mol. The van der Waals surface area contributed by atoms with Crippen molar-refractivity contribution in [1.82, 2.24) is 15.5 Å². The number of benzene rings is 2. The van der Waals surface area contributed by atoms with Gasteiger partial charge < -0.3 is 10.2 Å². The Labute approximate surface area is 171 Å². The molecule has 0 unspecified atom stereocenters. The van der Waals surface area contributed by atoms with Crippen molar-refractivity contribution in [2.24, 2.45) is 0 Å². The summed E-state index contributed by atoms with van der Waals surface area (Å²) in [5, 5.41) is 10.3. The molecule has 1 aliphatic heterocycles. The van der Waals surface area contributed by atoms with E-state index in [0.717, 1.165) is 43.0 Å². The van der Waals surface area contributed by atoms with Crippen LogP contribution in [0.1, 0.15) is 23.2 Å². The molecule has 1 aromatic heterocycles. The van der Waals surface area contributed by atoms with Crippen LogP contribution in [-0.4, -0.2) is 35.2 Å². The summed E-state index contributed by atoms with van der Waals surface area (Å²) in [5.74, 6) is -0.265. The molecule has 29 heavy (non-hydrogen) atoms. The largest absolute Gasteiger partial charge is 0.355 e. The van der Waals surface area contributed by atoms with Crippen molar-refractivity contribution in [2.75, 3.05) is 18.0 Å². The van der Waals surface area contributed by atoms with Crippen LogP contribution in [0.4, 0.5) is 14.6 Å². The molecule has 0 radical (unpaired) electrons. The first-order chi connectivity index (χ1) is 14.0. The molecule has 4 rings (SSSR count). The molecule has 2 aromatic carbocycles. The van der Waals surface area contributed by atoms with Crippen LogP contribution in [0.25, 0.3) is 11.3 Å². The van der Waals surface area contributed by atoms with Gasteiger partial charge >= 0.3 is 0 Å². The van der Waals surface area contributed by atoms with Crippen LogP contribution >= 0.6 is 11.6 Å². The second kappa shape index (κ2) is 8.21. The third kappa shape index (κ3) is 4.40. The van der Waals surface area contributed by atoms with E-state index in [9.17, 15) is 13.6 Å². The van der Waals surface area contributed by atoms with Crippen LogP contribution in [0, 0.1) is 11.6 Å². The van der Waals surface area contributed by atoms with Crippen molar-refractivity contribution in [3.8, 4) is 11.3 Å². The lowest BCUT2D eigenvalue weighted by Crippen LogP contribution is -2.44. The standard InChI is InChI=1S/C21H19ClF2N4O/c22-17-11-14(3-6-18(17)24)21(29)25-16-7-9-28(10-8-16)20-12-19(26-27-20)13-1-4-15(23)5-2-13/h1-6,11-12,16H,7-10H2,(H,25,29)(H,26,27). The number of carbonyl (C=O) groups is 1. The van der Waals surface area contributed by atoms with Crippen LogP contribution in [0.2, 0.25) is 5.02 Å². The molecule has 3 aromatic rings. The Balaban J connectivity index is 1.34. The zero-order valence-electron chi connectivity index (χ0n) is 15.5. The van der Waals surface area contributed by atoms with E-state index in [1.165, 1.54) is 30.3 Å². The fourth-order valence-electron chi connectivity index (χ4n) is 3.41. The Kier molecular flexibility index (Phi) is 5.49. The maximum absolute atomic E-state index is 13.3.